The Labute approximate surface area is 337 Å². The fourth-order valence-corrected chi connectivity index (χ4v) is 9.85. The predicted octanol–water partition coefficient (Wildman–Crippen LogP) is 10.1. The minimum atomic E-state index is -0.0732. The van der Waals surface area contributed by atoms with E-state index in [0.29, 0.717) is 0 Å². The van der Waals surface area contributed by atoms with Crippen LogP contribution in [-0.2, 0) is 0 Å². The van der Waals surface area contributed by atoms with Crippen LogP contribution in [0.1, 0.15) is 77.9 Å². The molecule has 7 rings (SSSR count). The predicted molar refractivity (Wildman–Crippen MR) is 248 cm³/mol. The van der Waals surface area contributed by atoms with Gasteiger partial charge in [-0.15, -0.1) is 11.6 Å². The highest BCUT2D eigenvalue weighted by Crippen LogP contribution is 2.32. The monoisotopic (exact) mass is 722 g/mol. The molecule has 0 N–H and O–H groups in total. The maximum atomic E-state index is 3.92. The zero-order valence-electron chi connectivity index (χ0n) is 35.4. The number of rotatable bonds is 4. The van der Waals surface area contributed by atoms with Crippen LogP contribution in [0.5, 0.6) is 0 Å². The van der Waals surface area contributed by atoms with Gasteiger partial charge in [0.15, 0.2) is 0 Å². The van der Waals surface area contributed by atoms with Crippen LogP contribution in [0.2, 0.25) is 0 Å². The molecule has 0 aliphatic rings. The molecule has 0 saturated carbocycles. The quantitative estimate of drug-likeness (QED) is 0.0965. The van der Waals surface area contributed by atoms with Crippen LogP contribution in [0, 0.1) is 107 Å². The van der Waals surface area contributed by atoms with Crippen molar-refractivity contribution in [3.05, 3.63) is 175 Å². The van der Waals surface area contributed by atoms with Gasteiger partial charge in [-0.1, -0.05) is 198 Å². The molecule has 0 nitrogen and oxygen atoms in total. The average Bonchev–Trinajstić information content (AvgIpc) is 3.10. The first-order valence-electron chi connectivity index (χ1n) is 20.0. The molecule has 56 heavy (non-hydrogen) atoms. The van der Waals surface area contributed by atoms with Gasteiger partial charge in [0.25, 0.3) is 13.4 Å². The second kappa shape index (κ2) is 15.4. The van der Waals surface area contributed by atoms with Crippen LogP contribution >= 0.6 is 0 Å². The molecule has 0 aliphatic heterocycles. The summed E-state index contributed by atoms with van der Waals surface area (Å²) in [5, 5.41) is 4.55. The Morgan fingerprint density at radius 1 is 0.304 bits per heavy atom. The van der Waals surface area contributed by atoms with E-state index in [4.69, 9.17) is 0 Å². The number of aryl methyl sites for hydroxylation is 12. The van der Waals surface area contributed by atoms with E-state index >= 15 is 0 Å². The molecule has 0 heterocycles. The Morgan fingerprint density at radius 3 is 0.696 bits per heavy atom. The molecule has 0 aliphatic carbocycles. The summed E-state index contributed by atoms with van der Waals surface area (Å²) in [6.07, 6.45) is 0. The molecule has 0 unspecified atom stereocenters. The summed E-state index contributed by atoms with van der Waals surface area (Å²) in [7, 11) is 0. The third-order valence-corrected chi connectivity index (χ3v) is 11.7. The van der Waals surface area contributed by atoms with Gasteiger partial charge in [0, 0.05) is 11.1 Å². The summed E-state index contributed by atoms with van der Waals surface area (Å²) in [5.74, 6) is 15.5. The Kier molecular flexibility index (Phi) is 10.6. The second-order valence-electron chi connectivity index (χ2n) is 16.5. The summed E-state index contributed by atoms with van der Waals surface area (Å²) in [4.78, 5) is 0. The van der Waals surface area contributed by atoms with Gasteiger partial charge in [-0.2, -0.15) is 0 Å². The number of fused-ring (bicyclic) bond motifs is 2. The van der Waals surface area contributed by atoms with Gasteiger partial charge in [0.1, 0.15) is 0 Å². The Bertz CT molecular complexity index is 2390. The lowest BCUT2D eigenvalue weighted by atomic mass is 9.38. The van der Waals surface area contributed by atoms with Crippen molar-refractivity contribution < 1.29 is 0 Å². The Morgan fingerprint density at radius 2 is 0.500 bits per heavy atom. The average molecular weight is 723 g/mol. The van der Waals surface area contributed by atoms with Crippen LogP contribution in [0.3, 0.4) is 0 Å². The van der Waals surface area contributed by atoms with Crippen LogP contribution in [-0.4, -0.2) is 13.4 Å². The van der Waals surface area contributed by atoms with Gasteiger partial charge < -0.3 is 0 Å². The smallest absolute Gasteiger partial charge is 0.137 e. The van der Waals surface area contributed by atoms with E-state index in [-0.39, 0.29) is 13.4 Å². The summed E-state index contributed by atoms with van der Waals surface area (Å²) in [5.41, 5.74) is 22.8. The van der Waals surface area contributed by atoms with Crippen molar-refractivity contribution in [1.29, 1.82) is 0 Å². The Hall–Kier alpha value is -5.69. The molecule has 0 radical (unpaired) electrons. The topological polar surface area (TPSA) is 0 Å². The van der Waals surface area contributed by atoms with Gasteiger partial charge in [-0.05, 0) is 105 Å². The molecule has 0 fully saturated rings. The highest BCUT2D eigenvalue weighted by Gasteiger charge is 2.27. The molecular formula is C54H52B2. The molecule has 274 valence electrons. The number of hydrogen-bond donors (Lipinski definition) is 0. The van der Waals surface area contributed by atoms with Gasteiger partial charge in [0.2, 0.25) is 0 Å². The normalized spacial score (nSPS) is 10.9. The van der Waals surface area contributed by atoms with E-state index in [1.807, 2.05) is 0 Å². The molecule has 0 spiro atoms. The third kappa shape index (κ3) is 7.23. The van der Waals surface area contributed by atoms with Crippen molar-refractivity contribution in [2.24, 2.45) is 0 Å². The molecular weight excluding hydrogens is 670 g/mol. The SMILES string of the molecule is Cc1cc(C)c(B(C#Cc2c3ccccc3c(C#CB(c3c(C)cc(C)cc3C)c3c(C)cc(C)cc3C)c3ccccc23)c2c(C)cc(C)cc2C)c(C)c1. The minimum Gasteiger partial charge on any atom is -0.137 e. The van der Waals surface area contributed by atoms with Crippen molar-refractivity contribution in [1.82, 2.24) is 0 Å². The lowest BCUT2D eigenvalue weighted by Gasteiger charge is -2.20. The van der Waals surface area contributed by atoms with Crippen molar-refractivity contribution in [2.45, 2.75) is 83.1 Å². The molecule has 7 aromatic carbocycles. The fraction of sp³-hybridized carbons (Fsp3) is 0.222. The van der Waals surface area contributed by atoms with Crippen LogP contribution in [0.15, 0.2) is 97.1 Å². The molecule has 0 amide bonds. The molecule has 0 bridgehead atoms. The van der Waals surface area contributed by atoms with Gasteiger partial charge in [-0.3, -0.25) is 0 Å². The van der Waals surface area contributed by atoms with Gasteiger partial charge in [-0.25, -0.2) is 0 Å². The summed E-state index contributed by atoms with van der Waals surface area (Å²) in [6, 6.07) is 35.9. The molecule has 0 atom stereocenters. The van der Waals surface area contributed by atoms with Crippen molar-refractivity contribution in [3.63, 3.8) is 0 Å². The van der Waals surface area contributed by atoms with E-state index in [1.54, 1.807) is 0 Å². The van der Waals surface area contributed by atoms with Gasteiger partial charge in [0.05, 0.1) is 0 Å². The number of benzene rings is 7. The summed E-state index contributed by atoms with van der Waals surface area (Å²) >= 11 is 0. The van der Waals surface area contributed by atoms with Crippen LogP contribution < -0.4 is 21.9 Å². The molecule has 0 aromatic heterocycles. The lowest BCUT2D eigenvalue weighted by molar-refractivity contribution is 1.34. The van der Waals surface area contributed by atoms with Crippen molar-refractivity contribution in [3.8, 4) is 23.5 Å². The first kappa shape index (κ1) is 38.6. The van der Waals surface area contributed by atoms with E-state index < -0.39 is 0 Å². The fourth-order valence-electron chi connectivity index (χ4n) is 9.85. The zero-order chi connectivity index (χ0) is 40.0. The number of hydrogen-bond acceptors (Lipinski definition) is 0. The van der Waals surface area contributed by atoms with Crippen LogP contribution in [0.4, 0.5) is 0 Å². The largest absolute Gasteiger partial charge is 0.297 e. The van der Waals surface area contributed by atoms with Crippen molar-refractivity contribution in [2.75, 3.05) is 0 Å². The lowest BCUT2D eigenvalue weighted by Crippen LogP contribution is -2.46. The first-order valence-corrected chi connectivity index (χ1v) is 20.0. The molecule has 2 heteroatoms. The summed E-state index contributed by atoms with van der Waals surface area (Å²) in [6.45, 7) is 26.5. The highest BCUT2D eigenvalue weighted by atomic mass is 14.1. The second-order valence-corrected chi connectivity index (χ2v) is 16.5. The van der Waals surface area contributed by atoms with Crippen LogP contribution in [0.25, 0.3) is 21.5 Å². The molecule has 7 aromatic rings. The van der Waals surface area contributed by atoms with E-state index in [2.05, 4.69) is 204 Å². The maximum absolute atomic E-state index is 3.92. The standard InChI is InChI=1S/C54H52B2/c1-33-25-37(5)51(38(6)26-33)55(52-39(7)27-34(2)28-40(52)8)23-21-49-45-17-13-15-19-47(45)50(48-20-16-14-18-46(48)49)22-24-56(53-41(9)29-35(3)30-42(53)10)54-43(11)31-36(4)32-44(54)12/h13-20,25-32H,1-12H3. The van der Waals surface area contributed by atoms with E-state index in [0.717, 1.165) is 32.7 Å². The third-order valence-electron chi connectivity index (χ3n) is 11.7. The minimum absolute atomic E-state index is 0.0732. The summed E-state index contributed by atoms with van der Waals surface area (Å²) < 4.78 is 0. The van der Waals surface area contributed by atoms with Crippen molar-refractivity contribution >= 4 is 56.8 Å². The molecule has 0 saturated heterocycles. The zero-order valence-corrected chi connectivity index (χ0v) is 35.4. The highest BCUT2D eigenvalue weighted by molar-refractivity contribution is 6.93. The van der Waals surface area contributed by atoms with Gasteiger partial charge >= 0.3 is 0 Å². The van der Waals surface area contributed by atoms with E-state index in [1.165, 1.54) is 88.6 Å². The van der Waals surface area contributed by atoms with E-state index in [9.17, 15) is 0 Å². The maximum Gasteiger partial charge on any atom is 0.297 e. The first-order chi connectivity index (χ1) is 26.7. The Balaban J connectivity index is 1.50.